The molecule has 0 amide bonds. The number of anilines is 1. The van der Waals surface area contributed by atoms with Crippen LogP contribution in [0.25, 0.3) is 21.8 Å². The van der Waals surface area contributed by atoms with Gasteiger partial charge in [0, 0.05) is 64.5 Å². The van der Waals surface area contributed by atoms with Crippen molar-refractivity contribution in [1.29, 1.82) is 0 Å². The van der Waals surface area contributed by atoms with Crippen LogP contribution in [0.4, 0.5) is 11.4 Å². The Morgan fingerprint density at radius 2 is 1.77 bits per heavy atom. The van der Waals surface area contributed by atoms with Crippen molar-refractivity contribution in [3.8, 4) is 5.75 Å². The molecule has 0 bridgehead atoms. The third kappa shape index (κ3) is 2.85. The minimum Gasteiger partial charge on any atom is -0.507 e. The first kappa shape index (κ1) is 18.5. The maximum atomic E-state index is 11.0. The molecule has 0 spiro atoms. The van der Waals surface area contributed by atoms with Gasteiger partial charge in [-0.25, -0.2) is 0 Å². The van der Waals surface area contributed by atoms with Crippen LogP contribution in [0.2, 0.25) is 0 Å². The third-order valence-electron chi connectivity index (χ3n) is 6.95. The smallest absolute Gasteiger partial charge is 0.129 e. The average Bonchev–Trinajstić information content (AvgIpc) is 3.13. The van der Waals surface area contributed by atoms with E-state index in [4.69, 9.17) is 4.99 Å². The zero-order valence-corrected chi connectivity index (χ0v) is 17.9. The van der Waals surface area contributed by atoms with Crippen molar-refractivity contribution in [1.82, 2.24) is 4.57 Å². The third-order valence-corrected chi connectivity index (χ3v) is 6.95. The maximum Gasteiger partial charge on any atom is 0.129 e. The van der Waals surface area contributed by atoms with Crippen LogP contribution in [-0.2, 0) is 19.4 Å². The van der Waals surface area contributed by atoms with Crippen LogP contribution < -0.4 is 4.90 Å². The fraction of sp³-hybridized carbons (Fsp3) is 0.296. The molecule has 31 heavy (non-hydrogen) atoms. The fourth-order valence-electron chi connectivity index (χ4n) is 5.57. The van der Waals surface area contributed by atoms with Crippen molar-refractivity contribution in [2.24, 2.45) is 4.99 Å². The van der Waals surface area contributed by atoms with Gasteiger partial charge in [-0.05, 0) is 68.5 Å². The first-order chi connectivity index (χ1) is 15.2. The van der Waals surface area contributed by atoms with Gasteiger partial charge in [0.05, 0.1) is 5.69 Å². The van der Waals surface area contributed by atoms with Crippen molar-refractivity contribution in [2.75, 3.05) is 18.0 Å². The van der Waals surface area contributed by atoms with Gasteiger partial charge in [0.25, 0.3) is 0 Å². The zero-order chi connectivity index (χ0) is 20.9. The molecule has 0 saturated heterocycles. The molecule has 0 fully saturated rings. The molecular weight excluding hydrogens is 382 g/mol. The summed E-state index contributed by atoms with van der Waals surface area (Å²) in [6.45, 7) is 5.34. The molecule has 2 aliphatic heterocycles. The highest BCUT2D eigenvalue weighted by Gasteiger charge is 2.27. The largest absolute Gasteiger partial charge is 0.507 e. The van der Waals surface area contributed by atoms with Crippen LogP contribution in [0.3, 0.4) is 0 Å². The number of aryl methyl sites for hydroxylation is 2. The number of benzene rings is 3. The Morgan fingerprint density at radius 3 is 2.65 bits per heavy atom. The number of rotatable bonds is 3. The monoisotopic (exact) mass is 409 g/mol. The molecule has 2 aliphatic rings. The Labute approximate surface area is 182 Å². The van der Waals surface area contributed by atoms with Gasteiger partial charge in [0.15, 0.2) is 0 Å². The predicted molar refractivity (Wildman–Crippen MR) is 129 cm³/mol. The normalized spacial score (nSPS) is 15.8. The summed E-state index contributed by atoms with van der Waals surface area (Å²) in [7, 11) is 0. The standard InChI is InChI=1S/C27H27N3O/c1-2-30-24-10-4-3-8-21(24)23-16-20(11-12-25(23)30)28-17-19-15-18-7-5-13-29-14-6-9-22(26(18)29)27(19)31/h3-4,8,10-12,15-17,31H,2,5-7,9,13-14H2,1H3. The quantitative estimate of drug-likeness (QED) is 0.424. The molecule has 0 aliphatic carbocycles. The summed E-state index contributed by atoms with van der Waals surface area (Å²) in [6.07, 6.45) is 6.18. The minimum absolute atomic E-state index is 0.415. The Hall–Kier alpha value is -3.27. The number of nitrogens with zero attached hydrogens (tertiary/aromatic N) is 3. The minimum atomic E-state index is 0.415. The lowest BCUT2D eigenvalue weighted by Crippen LogP contribution is -2.34. The van der Waals surface area contributed by atoms with E-state index in [-0.39, 0.29) is 0 Å². The molecule has 0 saturated carbocycles. The van der Waals surface area contributed by atoms with Gasteiger partial charge in [-0.2, -0.15) is 0 Å². The lowest BCUT2D eigenvalue weighted by molar-refractivity contribution is 0.461. The van der Waals surface area contributed by atoms with Crippen LogP contribution >= 0.6 is 0 Å². The van der Waals surface area contributed by atoms with Crippen LogP contribution in [0.1, 0.15) is 36.5 Å². The summed E-state index contributed by atoms with van der Waals surface area (Å²) in [4.78, 5) is 7.24. The summed E-state index contributed by atoms with van der Waals surface area (Å²) in [5.41, 5.74) is 8.03. The predicted octanol–water partition coefficient (Wildman–Crippen LogP) is 5.97. The van der Waals surface area contributed by atoms with Crippen LogP contribution in [0, 0.1) is 0 Å². The number of phenols is 1. The summed E-state index contributed by atoms with van der Waals surface area (Å²) in [5, 5.41) is 13.5. The topological polar surface area (TPSA) is 40.8 Å². The van der Waals surface area contributed by atoms with Crippen molar-refractivity contribution in [2.45, 2.75) is 39.2 Å². The van der Waals surface area contributed by atoms with E-state index < -0.39 is 0 Å². The SMILES string of the molecule is CCn1c2ccccc2c2cc(N=Cc3cc4c5c(c3O)CCCN5CCC4)ccc21. The molecule has 4 nitrogen and oxygen atoms in total. The van der Waals surface area contributed by atoms with E-state index in [1.807, 2.05) is 6.21 Å². The van der Waals surface area contributed by atoms with E-state index >= 15 is 0 Å². The highest BCUT2D eigenvalue weighted by atomic mass is 16.3. The molecule has 1 N–H and O–H groups in total. The number of aliphatic imine (C=N–C) groups is 1. The average molecular weight is 410 g/mol. The maximum absolute atomic E-state index is 11.0. The number of phenolic OH excluding ortho intramolecular Hbond substituents is 1. The van der Waals surface area contributed by atoms with E-state index in [1.54, 1.807) is 0 Å². The van der Waals surface area contributed by atoms with E-state index in [2.05, 4.69) is 64.9 Å². The van der Waals surface area contributed by atoms with Gasteiger partial charge in [-0.3, -0.25) is 4.99 Å². The number of fused-ring (bicyclic) bond motifs is 3. The van der Waals surface area contributed by atoms with Gasteiger partial charge in [-0.1, -0.05) is 18.2 Å². The highest BCUT2D eigenvalue weighted by molar-refractivity contribution is 6.09. The highest BCUT2D eigenvalue weighted by Crippen LogP contribution is 2.41. The lowest BCUT2D eigenvalue weighted by atomic mass is 9.89. The van der Waals surface area contributed by atoms with E-state index in [9.17, 15) is 5.11 Å². The summed E-state index contributed by atoms with van der Waals surface area (Å²) >= 11 is 0. The van der Waals surface area contributed by atoms with Crippen LogP contribution in [0.5, 0.6) is 5.75 Å². The number of aromatic nitrogens is 1. The molecule has 3 heterocycles. The Kier molecular flexibility index (Phi) is 4.27. The van der Waals surface area contributed by atoms with E-state index in [1.165, 1.54) is 39.5 Å². The fourth-order valence-corrected chi connectivity index (χ4v) is 5.57. The Morgan fingerprint density at radius 1 is 0.968 bits per heavy atom. The van der Waals surface area contributed by atoms with Gasteiger partial charge < -0.3 is 14.6 Å². The second kappa shape index (κ2) is 7.16. The molecule has 0 unspecified atom stereocenters. The first-order valence-corrected chi connectivity index (χ1v) is 11.4. The molecular formula is C27H27N3O. The van der Waals surface area contributed by atoms with Gasteiger partial charge >= 0.3 is 0 Å². The molecule has 4 aromatic rings. The summed E-state index contributed by atoms with van der Waals surface area (Å²) in [6, 6.07) is 17.1. The van der Waals surface area contributed by atoms with Crippen molar-refractivity contribution in [3.63, 3.8) is 0 Å². The van der Waals surface area contributed by atoms with Gasteiger partial charge in [-0.15, -0.1) is 0 Å². The number of aromatic hydroxyl groups is 1. The van der Waals surface area contributed by atoms with Crippen LogP contribution in [-0.4, -0.2) is 29.0 Å². The molecule has 156 valence electrons. The number of para-hydroxylation sites is 1. The molecule has 1 aromatic heterocycles. The van der Waals surface area contributed by atoms with Crippen molar-refractivity contribution < 1.29 is 5.11 Å². The summed E-state index contributed by atoms with van der Waals surface area (Å²) < 4.78 is 2.35. The Balaban J connectivity index is 1.43. The Bertz CT molecular complexity index is 1350. The second-order valence-electron chi connectivity index (χ2n) is 8.72. The number of hydrogen-bond donors (Lipinski definition) is 1. The zero-order valence-electron chi connectivity index (χ0n) is 17.9. The molecule has 0 atom stereocenters. The van der Waals surface area contributed by atoms with E-state index in [0.29, 0.717) is 5.75 Å². The van der Waals surface area contributed by atoms with Gasteiger partial charge in [0.1, 0.15) is 5.75 Å². The molecule has 3 aromatic carbocycles. The number of hydrogen-bond acceptors (Lipinski definition) is 3. The van der Waals surface area contributed by atoms with Crippen molar-refractivity contribution >= 4 is 39.4 Å². The van der Waals surface area contributed by atoms with E-state index in [0.717, 1.165) is 55.7 Å². The molecule has 4 heteroatoms. The first-order valence-electron chi connectivity index (χ1n) is 11.4. The molecule has 6 rings (SSSR count). The van der Waals surface area contributed by atoms with Gasteiger partial charge in [0.2, 0.25) is 0 Å². The summed E-state index contributed by atoms with van der Waals surface area (Å²) in [5.74, 6) is 0.415. The van der Waals surface area contributed by atoms with Crippen molar-refractivity contribution in [3.05, 3.63) is 65.2 Å². The lowest BCUT2D eigenvalue weighted by Gasteiger charge is -2.37. The molecule has 0 radical (unpaired) electrons. The second-order valence-corrected chi connectivity index (χ2v) is 8.72. The van der Waals surface area contributed by atoms with Crippen LogP contribution in [0.15, 0.2) is 53.5 Å².